The molecule has 0 spiro atoms. The van der Waals surface area contributed by atoms with Crippen molar-refractivity contribution >= 4 is 5.69 Å². The van der Waals surface area contributed by atoms with Gasteiger partial charge in [0.05, 0.1) is 13.2 Å². The van der Waals surface area contributed by atoms with E-state index < -0.39 is 0 Å². The fraction of sp³-hybridized carbons (Fsp3) is 0.357. The van der Waals surface area contributed by atoms with Gasteiger partial charge in [-0.25, -0.2) is 4.98 Å². The lowest BCUT2D eigenvalue weighted by Gasteiger charge is -2.09. The van der Waals surface area contributed by atoms with Gasteiger partial charge in [0.15, 0.2) is 0 Å². The van der Waals surface area contributed by atoms with Crippen LogP contribution in [0.1, 0.15) is 19.7 Å². The lowest BCUT2D eigenvalue weighted by molar-refractivity contribution is 0.340. The SMILES string of the molecule is CCOc1cccc(NCc2nccn2CC)c1. The van der Waals surface area contributed by atoms with Gasteiger partial charge in [-0.1, -0.05) is 6.07 Å². The van der Waals surface area contributed by atoms with Gasteiger partial charge < -0.3 is 14.6 Å². The van der Waals surface area contributed by atoms with E-state index in [4.69, 9.17) is 4.74 Å². The molecule has 4 nitrogen and oxygen atoms in total. The van der Waals surface area contributed by atoms with Crippen molar-refractivity contribution in [2.24, 2.45) is 0 Å². The van der Waals surface area contributed by atoms with Gasteiger partial charge in [-0.3, -0.25) is 0 Å². The number of nitrogens with zero attached hydrogens (tertiary/aromatic N) is 2. The first kappa shape index (κ1) is 12.5. The average molecular weight is 245 g/mol. The second-order valence-corrected chi connectivity index (χ2v) is 3.94. The molecule has 4 heteroatoms. The molecule has 1 N–H and O–H groups in total. The third-order valence-electron chi connectivity index (χ3n) is 2.74. The third kappa shape index (κ3) is 3.03. The van der Waals surface area contributed by atoms with Crippen LogP contribution >= 0.6 is 0 Å². The van der Waals surface area contributed by atoms with Gasteiger partial charge >= 0.3 is 0 Å². The van der Waals surface area contributed by atoms with Crippen LogP contribution in [-0.2, 0) is 13.1 Å². The van der Waals surface area contributed by atoms with Gasteiger partial charge in [0.25, 0.3) is 0 Å². The number of imidazole rings is 1. The first-order valence-corrected chi connectivity index (χ1v) is 6.30. The molecule has 0 aliphatic rings. The summed E-state index contributed by atoms with van der Waals surface area (Å²) in [5.74, 6) is 1.93. The van der Waals surface area contributed by atoms with Crippen LogP contribution in [-0.4, -0.2) is 16.2 Å². The van der Waals surface area contributed by atoms with Gasteiger partial charge in [0, 0.05) is 30.7 Å². The van der Waals surface area contributed by atoms with Crippen LogP contribution in [0.4, 0.5) is 5.69 Å². The number of ether oxygens (including phenoxy) is 1. The van der Waals surface area contributed by atoms with E-state index in [2.05, 4.69) is 21.8 Å². The zero-order valence-corrected chi connectivity index (χ0v) is 10.9. The van der Waals surface area contributed by atoms with E-state index in [-0.39, 0.29) is 0 Å². The molecule has 0 atom stereocenters. The monoisotopic (exact) mass is 245 g/mol. The lowest BCUT2D eigenvalue weighted by Crippen LogP contribution is -2.07. The maximum atomic E-state index is 5.47. The van der Waals surface area contributed by atoms with E-state index in [1.807, 2.05) is 43.6 Å². The highest BCUT2D eigenvalue weighted by Gasteiger charge is 2.01. The van der Waals surface area contributed by atoms with Crippen LogP contribution in [0.15, 0.2) is 36.7 Å². The van der Waals surface area contributed by atoms with Crippen molar-refractivity contribution in [2.75, 3.05) is 11.9 Å². The molecule has 0 unspecified atom stereocenters. The van der Waals surface area contributed by atoms with Crippen molar-refractivity contribution in [1.29, 1.82) is 0 Å². The third-order valence-corrected chi connectivity index (χ3v) is 2.74. The Morgan fingerprint density at radius 2 is 2.22 bits per heavy atom. The summed E-state index contributed by atoms with van der Waals surface area (Å²) in [6.07, 6.45) is 3.82. The molecular formula is C14H19N3O. The molecule has 2 aromatic rings. The Balaban J connectivity index is 1.99. The molecule has 0 saturated heterocycles. The van der Waals surface area contributed by atoms with E-state index >= 15 is 0 Å². The molecule has 0 amide bonds. The average Bonchev–Trinajstić information content (AvgIpc) is 2.84. The molecule has 1 aromatic carbocycles. The summed E-state index contributed by atoms with van der Waals surface area (Å²) >= 11 is 0. The van der Waals surface area contributed by atoms with Gasteiger partial charge in [-0.2, -0.15) is 0 Å². The van der Waals surface area contributed by atoms with Gasteiger partial charge in [-0.05, 0) is 26.0 Å². The summed E-state index contributed by atoms with van der Waals surface area (Å²) in [5, 5.41) is 3.36. The second kappa shape index (κ2) is 6.10. The quantitative estimate of drug-likeness (QED) is 0.850. The standard InChI is InChI=1S/C14H19N3O/c1-3-17-9-8-15-14(17)11-16-12-6-5-7-13(10-12)18-4-2/h5-10,16H,3-4,11H2,1-2H3. The molecule has 1 aromatic heterocycles. The fourth-order valence-electron chi connectivity index (χ4n) is 1.84. The molecule has 96 valence electrons. The summed E-state index contributed by atoms with van der Waals surface area (Å²) in [5.41, 5.74) is 1.05. The highest BCUT2D eigenvalue weighted by atomic mass is 16.5. The smallest absolute Gasteiger partial charge is 0.128 e. The van der Waals surface area contributed by atoms with Crippen molar-refractivity contribution in [3.63, 3.8) is 0 Å². The van der Waals surface area contributed by atoms with Crippen LogP contribution in [0, 0.1) is 0 Å². The van der Waals surface area contributed by atoms with Crippen LogP contribution in [0.25, 0.3) is 0 Å². The number of benzene rings is 1. The molecule has 0 aliphatic heterocycles. The summed E-state index contributed by atoms with van der Waals surface area (Å²) in [4.78, 5) is 4.33. The van der Waals surface area contributed by atoms with Crippen molar-refractivity contribution in [3.8, 4) is 5.75 Å². The molecule has 0 radical (unpaired) electrons. The van der Waals surface area contributed by atoms with E-state index in [1.165, 1.54) is 0 Å². The second-order valence-electron chi connectivity index (χ2n) is 3.94. The van der Waals surface area contributed by atoms with Crippen molar-refractivity contribution in [3.05, 3.63) is 42.5 Å². The van der Waals surface area contributed by atoms with Crippen molar-refractivity contribution in [1.82, 2.24) is 9.55 Å². The predicted octanol–water partition coefficient (Wildman–Crippen LogP) is 2.91. The predicted molar refractivity (Wildman–Crippen MR) is 72.8 cm³/mol. The highest BCUT2D eigenvalue weighted by molar-refractivity contribution is 5.48. The summed E-state index contributed by atoms with van der Waals surface area (Å²) in [6.45, 7) is 6.44. The largest absolute Gasteiger partial charge is 0.494 e. The Morgan fingerprint density at radius 3 is 3.00 bits per heavy atom. The number of nitrogens with one attached hydrogen (secondary N) is 1. The van der Waals surface area contributed by atoms with Crippen LogP contribution in [0.5, 0.6) is 5.75 Å². The van der Waals surface area contributed by atoms with Crippen molar-refractivity contribution in [2.45, 2.75) is 26.9 Å². The normalized spacial score (nSPS) is 10.3. The zero-order chi connectivity index (χ0) is 12.8. The summed E-state index contributed by atoms with van der Waals surface area (Å²) in [6, 6.07) is 7.98. The first-order chi connectivity index (χ1) is 8.83. The summed E-state index contributed by atoms with van der Waals surface area (Å²) < 4.78 is 7.59. The molecule has 0 saturated carbocycles. The van der Waals surface area contributed by atoms with Gasteiger partial charge in [-0.15, -0.1) is 0 Å². The van der Waals surface area contributed by atoms with Crippen LogP contribution in [0.3, 0.4) is 0 Å². The lowest BCUT2D eigenvalue weighted by atomic mass is 10.3. The molecule has 18 heavy (non-hydrogen) atoms. The molecule has 0 bridgehead atoms. The number of anilines is 1. The van der Waals surface area contributed by atoms with Crippen LogP contribution in [0.2, 0.25) is 0 Å². The van der Waals surface area contributed by atoms with Gasteiger partial charge in [0.1, 0.15) is 11.6 Å². The maximum Gasteiger partial charge on any atom is 0.128 e. The number of hydrogen-bond donors (Lipinski definition) is 1. The maximum absolute atomic E-state index is 5.47. The highest BCUT2D eigenvalue weighted by Crippen LogP contribution is 2.17. The first-order valence-electron chi connectivity index (χ1n) is 6.30. The van der Waals surface area contributed by atoms with Crippen molar-refractivity contribution < 1.29 is 4.74 Å². The number of hydrogen-bond acceptors (Lipinski definition) is 3. The summed E-state index contributed by atoms with van der Waals surface area (Å²) in [7, 11) is 0. The van der Waals surface area contributed by atoms with E-state index in [1.54, 1.807) is 0 Å². The Kier molecular flexibility index (Phi) is 4.23. The number of rotatable bonds is 6. The van der Waals surface area contributed by atoms with E-state index in [9.17, 15) is 0 Å². The molecule has 1 heterocycles. The fourth-order valence-corrected chi connectivity index (χ4v) is 1.84. The molecule has 0 fully saturated rings. The topological polar surface area (TPSA) is 39.1 Å². The minimum Gasteiger partial charge on any atom is -0.494 e. The molecule has 0 aliphatic carbocycles. The zero-order valence-electron chi connectivity index (χ0n) is 10.9. The minimum atomic E-state index is 0.684. The Bertz CT molecular complexity index is 493. The number of aryl methyl sites for hydroxylation is 1. The minimum absolute atomic E-state index is 0.684. The molecule has 2 rings (SSSR count). The van der Waals surface area contributed by atoms with Gasteiger partial charge in [0.2, 0.25) is 0 Å². The number of aromatic nitrogens is 2. The van der Waals surface area contributed by atoms with Crippen LogP contribution < -0.4 is 10.1 Å². The Hall–Kier alpha value is -1.97. The van der Waals surface area contributed by atoms with E-state index in [0.717, 1.165) is 30.4 Å². The Labute approximate surface area is 108 Å². The Morgan fingerprint density at radius 1 is 1.33 bits per heavy atom. The van der Waals surface area contributed by atoms with E-state index in [0.29, 0.717) is 6.61 Å². The molecular weight excluding hydrogens is 226 g/mol.